The summed E-state index contributed by atoms with van der Waals surface area (Å²) in [5.41, 5.74) is 2.96. The number of hydrogen-bond acceptors (Lipinski definition) is 3. The average molecular weight is 266 g/mol. The second-order valence-electron chi connectivity index (χ2n) is 4.67. The number of carbonyl (C=O) groups excluding carboxylic acids is 1. The van der Waals surface area contributed by atoms with Crippen molar-refractivity contribution < 1.29 is 14.6 Å². The van der Waals surface area contributed by atoms with Gasteiger partial charge in [0, 0.05) is 19.8 Å². The highest BCUT2D eigenvalue weighted by Crippen LogP contribution is 2.18. The van der Waals surface area contributed by atoms with Crippen LogP contribution in [0.1, 0.15) is 11.1 Å². The van der Waals surface area contributed by atoms with Crippen LogP contribution in [0, 0.1) is 13.8 Å². The molecule has 0 fully saturated rings. The number of nitrogens with one attached hydrogen (secondary N) is 1. The molecular weight excluding hydrogens is 244 g/mol. The number of likely N-dealkylation sites (N-methyl/N-ethyl adjacent to an activating group) is 1. The molecule has 0 aromatic heterocycles. The minimum atomic E-state index is -0.681. The SMILES string of the molecule is COCC(O)CN(C)C(=O)Nc1cccc(C)c1C. The average Bonchev–Trinajstić information content (AvgIpc) is 2.35. The molecular formula is C14H22N2O3. The maximum Gasteiger partial charge on any atom is 0.321 e. The Bertz CT molecular complexity index is 435. The van der Waals surface area contributed by atoms with E-state index >= 15 is 0 Å². The molecule has 0 saturated heterocycles. The lowest BCUT2D eigenvalue weighted by Crippen LogP contribution is -2.38. The number of amides is 2. The number of anilines is 1. The van der Waals surface area contributed by atoms with E-state index in [0.717, 1.165) is 16.8 Å². The van der Waals surface area contributed by atoms with E-state index in [1.807, 2.05) is 32.0 Å². The van der Waals surface area contributed by atoms with Crippen LogP contribution in [-0.2, 0) is 4.74 Å². The van der Waals surface area contributed by atoms with Crippen molar-refractivity contribution >= 4 is 11.7 Å². The smallest absolute Gasteiger partial charge is 0.321 e. The van der Waals surface area contributed by atoms with Gasteiger partial charge in [0.25, 0.3) is 0 Å². The lowest BCUT2D eigenvalue weighted by atomic mass is 10.1. The first-order valence-electron chi connectivity index (χ1n) is 6.21. The molecule has 0 bridgehead atoms. The van der Waals surface area contributed by atoms with Gasteiger partial charge in [-0.1, -0.05) is 12.1 Å². The molecule has 0 radical (unpaired) electrons. The molecule has 5 nitrogen and oxygen atoms in total. The van der Waals surface area contributed by atoms with Crippen LogP contribution in [0.2, 0.25) is 0 Å². The number of aliphatic hydroxyl groups is 1. The number of hydrogen-bond donors (Lipinski definition) is 2. The summed E-state index contributed by atoms with van der Waals surface area (Å²) in [4.78, 5) is 13.4. The molecule has 2 N–H and O–H groups in total. The maximum absolute atomic E-state index is 12.0. The molecule has 0 heterocycles. The first kappa shape index (κ1) is 15.5. The second kappa shape index (κ2) is 7.11. The Kier molecular flexibility index (Phi) is 5.79. The molecule has 106 valence electrons. The third kappa shape index (κ3) is 4.54. The summed E-state index contributed by atoms with van der Waals surface area (Å²) in [6.07, 6.45) is -0.681. The Hall–Kier alpha value is -1.59. The van der Waals surface area contributed by atoms with Gasteiger partial charge >= 0.3 is 6.03 Å². The van der Waals surface area contributed by atoms with Crippen LogP contribution in [0.15, 0.2) is 18.2 Å². The Morgan fingerprint density at radius 3 is 2.79 bits per heavy atom. The Morgan fingerprint density at radius 2 is 2.16 bits per heavy atom. The summed E-state index contributed by atoms with van der Waals surface area (Å²) in [5, 5.41) is 12.4. The van der Waals surface area contributed by atoms with Crippen molar-refractivity contribution in [1.82, 2.24) is 4.90 Å². The molecule has 2 amide bonds. The van der Waals surface area contributed by atoms with Gasteiger partial charge in [-0.15, -0.1) is 0 Å². The van der Waals surface area contributed by atoms with E-state index in [-0.39, 0.29) is 19.2 Å². The fourth-order valence-corrected chi connectivity index (χ4v) is 1.74. The van der Waals surface area contributed by atoms with Gasteiger partial charge in [0.15, 0.2) is 0 Å². The largest absolute Gasteiger partial charge is 0.389 e. The monoisotopic (exact) mass is 266 g/mol. The summed E-state index contributed by atoms with van der Waals surface area (Å²) < 4.78 is 4.83. The zero-order valence-electron chi connectivity index (χ0n) is 11.9. The zero-order valence-corrected chi connectivity index (χ0v) is 11.9. The number of carbonyl (C=O) groups is 1. The lowest BCUT2D eigenvalue weighted by Gasteiger charge is -2.21. The number of benzene rings is 1. The molecule has 0 aliphatic rings. The van der Waals surface area contributed by atoms with Gasteiger partial charge in [0.2, 0.25) is 0 Å². The summed E-state index contributed by atoms with van der Waals surface area (Å²) >= 11 is 0. The number of urea groups is 1. The molecule has 0 saturated carbocycles. The molecule has 1 aromatic rings. The number of ether oxygens (including phenoxy) is 1. The standard InChI is InChI=1S/C14H22N2O3/c1-10-6-5-7-13(11(10)2)15-14(18)16(3)8-12(17)9-19-4/h5-7,12,17H,8-9H2,1-4H3,(H,15,18). The quantitative estimate of drug-likeness (QED) is 0.854. The van der Waals surface area contributed by atoms with Crippen LogP contribution < -0.4 is 5.32 Å². The fourth-order valence-electron chi connectivity index (χ4n) is 1.74. The summed E-state index contributed by atoms with van der Waals surface area (Å²) in [7, 11) is 3.15. The fraction of sp³-hybridized carbons (Fsp3) is 0.500. The Labute approximate surface area is 114 Å². The highest BCUT2D eigenvalue weighted by molar-refractivity contribution is 5.90. The van der Waals surface area contributed by atoms with Gasteiger partial charge in [-0.3, -0.25) is 0 Å². The molecule has 1 rings (SSSR count). The van der Waals surface area contributed by atoms with Crippen molar-refractivity contribution in [3.8, 4) is 0 Å². The minimum Gasteiger partial charge on any atom is -0.389 e. The van der Waals surface area contributed by atoms with Crippen LogP contribution in [0.3, 0.4) is 0 Å². The van der Waals surface area contributed by atoms with Crippen molar-refractivity contribution in [2.45, 2.75) is 20.0 Å². The molecule has 1 atom stereocenters. The Balaban J connectivity index is 2.61. The molecule has 0 aliphatic carbocycles. The van der Waals surface area contributed by atoms with E-state index < -0.39 is 6.10 Å². The van der Waals surface area contributed by atoms with Gasteiger partial charge in [0.1, 0.15) is 0 Å². The van der Waals surface area contributed by atoms with Crippen molar-refractivity contribution in [2.75, 3.05) is 32.6 Å². The highest BCUT2D eigenvalue weighted by Gasteiger charge is 2.14. The number of aliphatic hydroxyl groups excluding tert-OH is 1. The van der Waals surface area contributed by atoms with Crippen LogP contribution >= 0.6 is 0 Å². The van der Waals surface area contributed by atoms with E-state index in [1.54, 1.807) is 7.05 Å². The molecule has 1 aromatic carbocycles. The van der Waals surface area contributed by atoms with Gasteiger partial charge in [0.05, 0.1) is 19.3 Å². The third-order valence-electron chi connectivity index (χ3n) is 3.04. The van der Waals surface area contributed by atoms with E-state index in [0.29, 0.717) is 0 Å². The maximum atomic E-state index is 12.0. The highest BCUT2D eigenvalue weighted by atomic mass is 16.5. The molecule has 0 aliphatic heterocycles. The van der Waals surface area contributed by atoms with Gasteiger partial charge < -0.3 is 20.1 Å². The number of nitrogens with zero attached hydrogens (tertiary/aromatic N) is 1. The molecule has 5 heteroatoms. The van der Waals surface area contributed by atoms with E-state index in [2.05, 4.69) is 5.32 Å². The first-order valence-corrected chi connectivity index (χ1v) is 6.21. The lowest BCUT2D eigenvalue weighted by molar-refractivity contribution is 0.0501. The Morgan fingerprint density at radius 1 is 1.47 bits per heavy atom. The second-order valence-corrected chi connectivity index (χ2v) is 4.67. The van der Waals surface area contributed by atoms with Crippen LogP contribution in [-0.4, -0.2) is 49.5 Å². The van der Waals surface area contributed by atoms with Crippen molar-refractivity contribution in [3.05, 3.63) is 29.3 Å². The van der Waals surface area contributed by atoms with Crippen molar-refractivity contribution in [1.29, 1.82) is 0 Å². The van der Waals surface area contributed by atoms with Crippen LogP contribution in [0.4, 0.5) is 10.5 Å². The number of rotatable bonds is 5. The third-order valence-corrected chi connectivity index (χ3v) is 3.04. The zero-order chi connectivity index (χ0) is 14.4. The summed E-state index contributed by atoms with van der Waals surface area (Å²) in [6, 6.07) is 5.51. The van der Waals surface area contributed by atoms with Crippen LogP contribution in [0.25, 0.3) is 0 Å². The molecule has 1 unspecified atom stereocenters. The molecule has 19 heavy (non-hydrogen) atoms. The summed E-state index contributed by atoms with van der Waals surface area (Å²) in [6.45, 7) is 4.40. The first-order chi connectivity index (χ1) is 8.95. The predicted octanol–water partition coefficient (Wildman–Crippen LogP) is 1.77. The number of aryl methyl sites for hydroxylation is 1. The van der Waals surface area contributed by atoms with Gasteiger partial charge in [-0.05, 0) is 31.0 Å². The van der Waals surface area contributed by atoms with Gasteiger partial charge in [-0.2, -0.15) is 0 Å². The normalized spacial score (nSPS) is 12.1. The summed E-state index contributed by atoms with van der Waals surface area (Å²) in [5.74, 6) is 0. The van der Waals surface area contributed by atoms with Crippen molar-refractivity contribution in [2.24, 2.45) is 0 Å². The van der Waals surface area contributed by atoms with E-state index in [4.69, 9.17) is 4.74 Å². The van der Waals surface area contributed by atoms with E-state index in [9.17, 15) is 9.90 Å². The van der Waals surface area contributed by atoms with Crippen LogP contribution in [0.5, 0.6) is 0 Å². The molecule has 0 spiro atoms. The number of methoxy groups -OCH3 is 1. The minimum absolute atomic E-state index is 0.209. The van der Waals surface area contributed by atoms with E-state index in [1.165, 1.54) is 12.0 Å². The van der Waals surface area contributed by atoms with Gasteiger partial charge in [-0.25, -0.2) is 4.79 Å². The topological polar surface area (TPSA) is 61.8 Å². The predicted molar refractivity (Wildman–Crippen MR) is 75.4 cm³/mol. The van der Waals surface area contributed by atoms with Crippen molar-refractivity contribution in [3.63, 3.8) is 0 Å².